The van der Waals surface area contributed by atoms with Gasteiger partial charge in [0.1, 0.15) is 0 Å². The molecule has 1 fully saturated rings. The quantitative estimate of drug-likeness (QED) is 0.862. The number of thiophene rings is 1. The van der Waals surface area contributed by atoms with Gasteiger partial charge in [-0.15, -0.1) is 11.3 Å². The van der Waals surface area contributed by atoms with Crippen LogP contribution in [0, 0.1) is 0 Å². The Morgan fingerprint density at radius 1 is 1.21 bits per heavy atom. The number of nitrogens with one attached hydrogen (secondary N) is 1. The summed E-state index contributed by atoms with van der Waals surface area (Å²) < 4.78 is 25.3. The number of benzene rings is 1. The Hall–Kier alpha value is -1.66. The lowest BCUT2D eigenvalue weighted by Gasteiger charge is -2.12. The number of rotatable bonds is 5. The second kappa shape index (κ2) is 7.07. The van der Waals surface area contributed by atoms with E-state index >= 15 is 0 Å². The van der Waals surface area contributed by atoms with Crippen LogP contribution in [0.25, 0.3) is 0 Å². The van der Waals surface area contributed by atoms with Crippen LogP contribution in [-0.2, 0) is 16.3 Å². The van der Waals surface area contributed by atoms with Gasteiger partial charge >= 0.3 is 0 Å². The van der Waals surface area contributed by atoms with Crippen LogP contribution < -0.4 is 5.32 Å². The summed E-state index contributed by atoms with van der Waals surface area (Å²) >= 11 is 1.46. The van der Waals surface area contributed by atoms with E-state index in [1.165, 1.54) is 11.3 Å². The lowest BCUT2D eigenvalue weighted by Crippen LogP contribution is -2.18. The van der Waals surface area contributed by atoms with Gasteiger partial charge < -0.3 is 5.32 Å². The molecule has 1 aliphatic rings. The molecule has 128 valence electrons. The van der Waals surface area contributed by atoms with Gasteiger partial charge in [0.15, 0.2) is 9.84 Å². The number of amides is 1. The van der Waals surface area contributed by atoms with Gasteiger partial charge in [-0.3, -0.25) is 4.79 Å². The lowest BCUT2D eigenvalue weighted by molar-refractivity contribution is 0.103. The predicted molar refractivity (Wildman–Crippen MR) is 97.5 cm³/mol. The van der Waals surface area contributed by atoms with Crippen molar-refractivity contribution in [2.45, 2.75) is 49.2 Å². The molecule has 0 radical (unpaired) electrons. The third kappa shape index (κ3) is 3.54. The number of hydrogen-bond donors (Lipinski definition) is 1. The Balaban J connectivity index is 1.79. The minimum absolute atomic E-state index is 0.199. The average Bonchev–Trinajstić information content (AvgIpc) is 3.27. The van der Waals surface area contributed by atoms with Gasteiger partial charge in [0, 0.05) is 10.6 Å². The molecule has 0 bridgehead atoms. The number of anilines is 1. The van der Waals surface area contributed by atoms with E-state index in [2.05, 4.69) is 5.32 Å². The molecular formula is C18H21NO3S2. The van der Waals surface area contributed by atoms with Crippen molar-refractivity contribution in [3.8, 4) is 0 Å². The molecule has 4 nitrogen and oxygen atoms in total. The molecule has 6 heteroatoms. The van der Waals surface area contributed by atoms with Crippen LogP contribution in [0.5, 0.6) is 0 Å². The summed E-state index contributed by atoms with van der Waals surface area (Å²) in [5.41, 5.74) is 0.519. The fraction of sp³-hybridized carbons (Fsp3) is 0.389. The highest BCUT2D eigenvalue weighted by Crippen LogP contribution is 2.30. The van der Waals surface area contributed by atoms with Crippen LogP contribution in [0.15, 0.2) is 41.3 Å². The van der Waals surface area contributed by atoms with Crippen molar-refractivity contribution < 1.29 is 13.2 Å². The molecule has 1 saturated carbocycles. The molecule has 1 amide bonds. The normalized spacial score (nSPS) is 15.5. The number of sulfone groups is 1. The van der Waals surface area contributed by atoms with Crippen LogP contribution in [-0.4, -0.2) is 19.6 Å². The third-order valence-corrected chi connectivity index (χ3v) is 7.88. The van der Waals surface area contributed by atoms with Crippen molar-refractivity contribution in [1.29, 1.82) is 0 Å². The molecule has 0 spiro atoms. The minimum atomic E-state index is -3.31. The topological polar surface area (TPSA) is 63.2 Å². The van der Waals surface area contributed by atoms with E-state index in [-0.39, 0.29) is 11.2 Å². The van der Waals surface area contributed by atoms with Crippen LogP contribution >= 0.6 is 11.3 Å². The first-order valence-electron chi connectivity index (χ1n) is 8.24. The average molecular weight is 364 g/mol. The Bertz CT molecular complexity index is 833. The number of aryl methyl sites for hydroxylation is 1. The smallest absolute Gasteiger partial charge is 0.265 e. The maximum absolute atomic E-state index is 12.7. The predicted octanol–water partition coefficient (Wildman–Crippen LogP) is 4.28. The number of hydrogen-bond acceptors (Lipinski definition) is 4. The molecule has 1 aromatic heterocycles. The van der Waals surface area contributed by atoms with Crippen molar-refractivity contribution in [1.82, 2.24) is 0 Å². The highest BCUT2D eigenvalue weighted by Gasteiger charge is 2.30. The van der Waals surface area contributed by atoms with Crippen LogP contribution in [0.3, 0.4) is 0 Å². The lowest BCUT2D eigenvalue weighted by atomic mass is 10.3. The highest BCUT2D eigenvalue weighted by atomic mass is 32.2. The van der Waals surface area contributed by atoms with Crippen molar-refractivity contribution in [3.63, 3.8) is 0 Å². The molecule has 0 unspecified atom stereocenters. The number of carbonyl (C=O) groups is 1. The van der Waals surface area contributed by atoms with Gasteiger partial charge in [0.2, 0.25) is 0 Å². The van der Waals surface area contributed by atoms with Crippen LogP contribution in [0.2, 0.25) is 0 Å². The van der Waals surface area contributed by atoms with E-state index in [0.717, 1.165) is 37.0 Å². The summed E-state index contributed by atoms with van der Waals surface area (Å²) in [5, 5.41) is 2.52. The van der Waals surface area contributed by atoms with Gasteiger partial charge in [-0.2, -0.15) is 0 Å². The zero-order valence-corrected chi connectivity index (χ0v) is 15.3. The Kier molecular flexibility index (Phi) is 5.06. The molecule has 1 heterocycles. The second-order valence-electron chi connectivity index (χ2n) is 6.05. The fourth-order valence-corrected chi connectivity index (χ4v) is 5.77. The van der Waals surface area contributed by atoms with E-state index in [4.69, 9.17) is 0 Å². The molecule has 0 aliphatic heterocycles. The summed E-state index contributed by atoms with van der Waals surface area (Å²) in [6.45, 7) is 2.05. The highest BCUT2D eigenvalue weighted by molar-refractivity contribution is 7.92. The van der Waals surface area contributed by atoms with Crippen molar-refractivity contribution in [2.24, 2.45) is 0 Å². The van der Waals surface area contributed by atoms with E-state index < -0.39 is 9.84 Å². The third-order valence-electron chi connectivity index (χ3n) is 4.40. The maximum Gasteiger partial charge on any atom is 0.265 e. The molecule has 3 rings (SSSR count). The fourth-order valence-electron chi connectivity index (χ4n) is 3.02. The molecule has 24 heavy (non-hydrogen) atoms. The van der Waals surface area contributed by atoms with Gasteiger partial charge in [-0.25, -0.2) is 8.42 Å². The standard InChI is InChI=1S/C18H21NO3S2/c1-2-14-10-11-17(23-14)18(20)19-13-6-5-9-16(12-13)24(21,22)15-7-3-4-8-15/h5-6,9-12,15H,2-4,7-8H2,1H3,(H,19,20). The van der Waals surface area contributed by atoms with Crippen molar-refractivity contribution >= 4 is 32.8 Å². The van der Waals surface area contributed by atoms with E-state index in [1.54, 1.807) is 30.3 Å². The molecule has 1 aromatic carbocycles. The first-order chi connectivity index (χ1) is 11.5. The Morgan fingerprint density at radius 2 is 1.96 bits per heavy atom. The molecular weight excluding hydrogens is 342 g/mol. The molecule has 1 aliphatic carbocycles. The molecule has 2 aromatic rings. The Labute approximate surface area is 146 Å². The first-order valence-corrected chi connectivity index (χ1v) is 10.6. The first kappa shape index (κ1) is 17.2. The molecule has 0 saturated heterocycles. The zero-order valence-electron chi connectivity index (χ0n) is 13.6. The maximum atomic E-state index is 12.7. The minimum Gasteiger partial charge on any atom is -0.321 e. The molecule has 1 N–H and O–H groups in total. The summed E-state index contributed by atoms with van der Waals surface area (Å²) in [5.74, 6) is -0.199. The zero-order chi connectivity index (χ0) is 17.2. The van der Waals surface area contributed by atoms with Crippen molar-refractivity contribution in [3.05, 3.63) is 46.2 Å². The summed E-state index contributed by atoms with van der Waals surface area (Å²) in [4.78, 5) is 14.4. The second-order valence-corrected chi connectivity index (χ2v) is 9.45. The van der Waals surface area contributed by atoms with Gasteiger partial charge in [-0.1, -0.05) is 25.8 Å². The van der Waals surface area contributed by atoms with Gasteiger partial charge in [0.25, 0.3) is 5.91 Å². The molecule has 0 atom stereocenters. The van der Waals surface area contributed by atoms with E-state index in [1.807, 2.05) is 13.0 Å². The summed E-state index contributed by atoms with van der Waals surface area (Å²) in [6, 6.07) is 10.3. The Morgan fingerprint density at radius 3 is 2.62 bits per heavy atom. The van der Waals surface area contributed by atoms with Crippen LogP contribution in [0.4, 0.5) is 5.69 Å². The van der Waals surface area contributed by atoms with E-state index in [9.17, 15) is 13.2 Å². The summed E-state index contributed by atoms with van der Waals surface area (Å²) in [6.07, 6.45) is 4.30. The summed E-state index contributed by atoms with van der Waals surface area (Å²) in [7, 11) is -3.31. The van der Waals surface area contributed by atoms with Crippen LogP contribution in [0.1, 0.15) is 47.2 Å². The van der Waals surface area contributed by atoms with E-state index in [0.29, 0.717) is 15.5 Å². The largest absolute Gasteiger partial charge is 0.321 e. The SMILES string of the molecule is CCc1ccc(C(=O)Nc2cccc(S(=O)(=O)C3CCCC3)c2)s1. The van der Waals surface area contributed by atoms with Gasteiger partial charge in [-0.05, 0) is 49.6 Å². The monoisotopic (exact) mass is 363 g/mol. The van der Waals surface area contributed by atoms with Crippen molar-refractivity contribution in [2.75, 3.05) is 5.32 Å². The number of carbonyl (C=O) groups excluding carboxylic acids is 1. The van der Waals surface area contributed by atoms with Gasteiger partial charge in [0.05, 0.1) is 15.0 Å².